The molecule has 0 atom stereocenters. The van der Waals surface area contributed by atoms with Gasteiger partial charge in [-0.15, -0.1) is 0 Å². The van der Waals surface area contributed by atoms with Crippen LogP contribution in [0.25, 0.3) is 0 Å². The van der Waals surface area contributed by atoms with Gasteiger partial charge in [0, 0.05) is 7.11 Å². The lowest BCUT2D eigenvalue weighted by Crippen LogP contribution is -2.21. The van der Waals surface area contributed by atoms with Crippen molar-refractivity contribution in [3.05, 3.63) is 0 Å². The van der Waals surface area contributed by atoms with Crippen LogP contribution in [0, 0.1) is 0 Å². The van der Waals surface area contributed by atoms with Crippen LogP contribution in [-0.4, -0.2) is 39.4 Å². The molecule has 0 rings (SSSR count). The van der Waals surface area contributed by atoms with Crippen molar-refractivity contribution in [3.63, 3.8) is 0 Å². The maximum absolute atomic E-state index is 11.0. The monoisotopic (exact) mass is 194 g/mol. The van der Waals surface area contributed by atoms with Crippen LogP contribution < -0.4 is 0 Å². The maximum Gasteiger partial charge on any atom is 0.173 e. The van der Waals surface area contributed by atoms with Gasteiger partial charge < -0.3 is 4.74 Å². The van der Waals surface area contributed by atoms with Crippen LogP contribution in [0.4, 0.5) is 0 Å². The fraction of sp³-hybridized carbons (Fsp3) is 0.857. The summed E-state index contributed by atoms with van der Waals surface area (Å²) in [6.45, 7) is 1.64. The summed E-state index contributed by atoms with van der Waals surface area (Å²) < 4.78 is 26.6. The molecule has 0 spiro atoms. The van der Waals surface area contributed by atoms with Crippen molar-refractivity contribution in [3.8, 4) is 0 Å². The lowest BCUT2D eigenvalue weighted by molar-refractivity contribution is -0.120. The molecule has 12 heavy (non-hydrogen) atoms. The minimum absolute atomic E-state index is 0.0719. The van der Waals surface area contributed by atoms with Crippen LogP contribution in [0.2, 0.25) is 0 Å². The third-order valence-electron chi connectivity index (χ3n) is 1.20. The van der Waals surface area contributed by atoms with E-state index in [-0.39, 0.29) is 18.1 Å². The summed E-state index contributed by atoms with van der Waals surface area (Å²) in [6, 6.07) is 0. The van der Waals surface area contributed by atoms with Gasteiger partial charge in [0.25, 0.3) is 0 Å². The van der Waals surface area contributed by atoms with Gasteiger partial charge in [-0.1, -0.05) is 6.92 Å². The smallest absolute Gasteiger partial charge is 0.173 e. The average Bonchev–Trinajstić information content (AvgIpc) is 1.85. The van der Waals surface area contributed by atoms with E-state index in [0.717, 1.165) is 0 Å². The highest BCUT2D eigenvalue weighted by atomic mass is 32.2. The second kappa shape index (κ2) is 5.27. The van der Waals surface area contributed by atoms with E-state index in [2.05, 4.69) is 4.74 Å². The van der Waals surface area contributed by atoms with E-state index in [0.29, 0.717) is 6.42 Å². The third-order valence-corrected chi connectivity index (χ3v) is 2.99. The molecule has 0 saturated heterocycles. The first-order valence-corrected chi connectivity index (χ1v) is 5.55. The van der Waals surface area contributed by atoms with E-state index < -0.39 is 15.6 Å². The molecule has 0 aromatic heterocycles. The standard InChI is InChI=1S/C7H14O4S/c1-3-4-12(9,10)6-7(8)5-11-2/h3-6H2,1-2H3. The number of Topliss-reactive ketones (excluding diaryl/α,β-unsaturated/α-hetero) is 1. The van der Waals surface area contributed by atoms with Gasteiger partial charge in [0.1, 0.15) is 12.4 Å². The number of ketones is 1. The highest BCUT2D eigenvalue weighted by molar-refractivity contribution is 7.92. The Hall–Kier alpha value is -0.420. The first-order valence-electron chi connectivity index (χ1n) is 3.73. The van der Waals surface area contributed by atoms with Crippen LogP contribution in [-0.2, 0) is 19.4 Å². The number of carbonyl (C=O) groups is 1. The molecule has 0 bridgehead atoms. The van der Waals surface area contributed by atoms with Gasteiger partial charge in [0.2, 0.25) is 0 Å². The number of carbonyl (C=O) groups excluding carboxylic acids is 1. The van der Waals surface area contributed by atoms with Crippen molar-refractivity contribution < 1.29 is 17.9 Å². The largest absolute Gasteiger partial charge is 0.377 e. The predicted octanol–water partition coefficient (Wildman–Crippen LogP) is 0.0267. The van der Waals surface area contributed by atoms with Gasteiger partial charge in [-0.2, -0.15) is 0 Å². The fourth-order valence-corrected chi connectivity index (χ4v) is 2.17. The molecule has 0 radical (unpaired) electrons. The first-order chi connectivity index (χ1) is 5.52. The van der Waals surface area contributed by atoms with Crippen molar-refractivity contribution in [2.24, 2.45) is 0 Å². The van der Waals surface area contributed by atoms with Gasteiger partial charge >= 0.3 is 0 Å². The molecule has 0 heterocycles. The molecule has 0 fully saturated rings. The molecule has 4 nitrogen and oxygen atoms in total. The van der Waals surface area contributed by atoms with Crippen molar-refractivity contribution in [1.29, 1.82) is 0 Å². The normalized spacial score (nSPS) is 11.5. The predicted molar refractivity (Wildman–Crippen MR) is 45.8 cm³/mol. The molecule has 0 saturated carbocycles. The second-order valence-electron chi connectivity index (χ2n) is 2.56. The molecule has 0 unspecified atom stereocenters. The number of hydrogen-bond donors (Lipinski definition) is 0. The SMILES string of the molecule is CCCS(=O)(=O)CC(=O)COC. The Bertz CT molecular complexity index is 230. The lowest BCUT2D eigenvalue weighted by atomic mass is 10.5. The topological polar surface area (TPSA) is 60.4 Å². The Morgan fingerprint density at radius 1 is 1.42 bits per heavy atom. The van der Waals surface area contributed by atoms with Gasteiger partial charge in [-0.3, -0.25) is 4.79 Å². The van der Waals surface area contributed by atoms with Crippen LogP contribution in [0.1, 0.15) is 13.3 Å². The Morgan fingerprint density at radius 3 is 2.42 bits per heavy atom. The molecule has 0 aromatic carbocycles. The molecule has 0 aliphatic heterocycles. The minimum Gasteiger partial charge on any atom is -0.377 e. The molecule has 0 aliphatic carbocycles. The molecule has 0 aromatic rings. The molecule has 0 amide bonds. The van der Waals surface area contributed by atoms with E-state index in [1.165, 1.54) is 7.11 Å². The summed E-state index contributed by atoms with van der Waals surface area (Å²) in [4.78, 5) is 10.8. The van der Waals surface area contributed by atoms with Crippen molar-refractivity contribution >= 4 is 15.6 Å². The minimum atomic E-state index is -3.18. The summed E-state index contributed by atoms with van der Waals surface area (Å²) in [5, 5.41) is 0. The molecule has 5 heteroatoms. The van der Waals surface area contributed by atoms with Crippen molar-refractivity contribution in [1.82, 2.24) is 0 Å². The van der Waals surface area contributed by atoms with Gasteiger partial charge in [0.15, 0.2) is 15.6 Å². The second-order valence-corrected chi connectivity index (χ2v) is 4.75. The van der Waals surface area contributed by atoms with E-state index in [1.807, 2.05) is 0 Å². The Morgan fingerprint density at radius 2 is 2.00 bits per heavy atom. The van der Waals surface area contributed by atoms with Crippen LogP contribution in [0.15, 0.2) is 0 Å². The maximum atomic E-state index is 11.0. The zero-order chi connectivity index (χ0) is 9.61. The van der Waals surface area contributed by atoms with Crippen molar-refractivity contribution in [2.75, 3.05) is 25.2 Å². The van der Waals surface area contributed by atoms with E-state index in [1.54, 1.807) is 6.92 Å². The zero-order valence-corrected chi connectivity index (χ0v) is 8.19. The van der Waals surface area contributed by atoms with E-state index in [4.69, 9.17) is 0 Å². The Kier molecular flexibility index (Phi) is 5.08. The van der Waals surface area contributed by atoms with E-state index in [9.17, 15) is 13.2 Å². The first kappa shape index (κ1) is 11.6. The van der Waals surface area contributed by atoms with Gasteiger partial charge in [-0.25, -0.2) is 8.42 Å². The highest BCUT2D eigenvalue weighted by Crippen LogP contribution is 1.94. The van der Waals surface area contributed by atoms with Gasteiger partial charge in [0.05, 0.1) is 5.75 Å². The molecular formula is C7H14O4S. The van der Waals surface area contributed by atoms with Gasteiger partial charge in [-0.05, 0) is 6.42 Å². The molecule has 0 aliphatic rings. The molecule has 72 valence electrons. The number of hydrogen-bond acceptors (Lipinski definition) is 4. The summed E-state index contributed by atoms with van der Waals surface area (Å²) in [6.07, 6.45) is 0.544. The molecular weight excluding hydrogens is 180 g/mol. The fourth-order valence-electron chi connectivity index (χ4n) is 0.831. The van der Waals surface area contributed by atoms with E-state index >= 15 is 0 Å². The van der Waals surface area contributed by atoms with Crippen LogP contribution in [0.5, 0.6) is 0 Å². The summed E-state index contributed by atoms with van der Waals surface area (Å²) >= 11 is 0. The summed E-state index contributed by atoms with van der Waals surface area (Å²) in [5.41, 5.74) is 0. The zero-order valence-electron chi connectivity index (χ0n) is 7.37. The summed E-state index contributed by atoms with van der Waals surface area (Å²) in [7, 11) is -1.82. The number of ether oxygens (including phenoxy) is 1. The van der Waals surface area contributed by atoms with Crippen LogP contribution >= 0.6 is 0 Å². The van der Waals surface area contributed by atoms with Crippen LogP contribution in [0.3, 0.4) is 0 Å². The Balaban J connectivity index is 3.98. The number of sulfone groups is 1. The number of methoxy groups -OCH3 is 1. The summed E-state index contributed by atoms with van der Waals surface area (Å²) in [5.74, 6) is -0.706. The van der Waals surface area contributed by atoms with Crippen molar-refractivity contribution in [2.45, 2.75) is 13.3 Å². The third kappa shape index (κ3) is 5.26. The lowest BCUT2D eigenvalue weighted by Gasteiger charge is -2.00. The Labute approximate surface area is 72.8 Å². The number of rotatable bonds is 6. The quantitative estimate of drug-likeness (QED) is 0.598. The molecule has 0 N–H and O–H groups in total. The highest BCUT2D eigenvalue weighted by Gasteiger charge is 2.14. The average molecular weight is 194 g/mol.